The highest BCUT2D eigenvalue weighted by atomic mass is 79.9. The maximum atomic E-state index is 7.55. The molecule has 0 spiro atoms. The highest BCUT2D eigenvalue weighted by Crippen LogP contribution is 2.28. The van der Waals surface area contributed by atoms with Gasteiger partial charge in [0.1, 0.15) is 17.3 Å². The molecule has 0 fully saturated rings. The lowest BCUT2D eigenvalue weighted by Crippen LogP contribution is -2.12. The Morgan fingerprint density at radius 1 is 1.33 bits per heavy atom. The Bertz CT molecular complexity index is 599. The number of hydrogen-bond acceptors (Lipinski definition) is 3. The zero-order valence-corrected chi connectivity index (χ0v) is 11.4. The summed E-state index contributed by atoms with van der Waals surface area (Å²) in [6, 6.07) is 8.99. The molecular formula is C13H12BrN3O. The van der Waals surface area contributed by atoms with Crippen molar-refractivity contribution < 1.29 is 4.74 Å². The second-order valence-electron chi connectivity index (χ2n) is 3.74. The number of nitrogen functional groups attached to an aromatic ring is 1. The van der Waals surface area contributed by atoms with Gasteiger partial charge in [-0.3, -0.25) is 10.4 Å². The minimum Gasteiger partial charge on any atom is -0.455 e. The summed E-state index contributed by atoms with van der Waals surface area (Å²) < 4.78 is 6.60. The van der Waals surface area contributed by atoms with Crippen molar-refractivity contribution in [2.24, 2.45) is 5.73 Å². The van der Waals surface area contributed by atoms with Gasteiger partial charge in [0.05, 0.1) is 11.3 Å². The van der Waals surface area contributed by atoms with Crippen molar-refractivity contribution in [2.45, 2.75) is 6.92 Å². The second-order valence-corrected chi connectivity index (χ2v) is 4.66. The van der Waals surface area contributed by atoms with Crippen LogP contribution in [0.4, 0.5) is 0 Å². The van der Waals surface area contributed by atoms with Crippen LogP contribution in [0.15, 0.2) is 41.0 Å². The van der Waals surface area contributed by atoms with Gasteiger partial charge in [-0.1, -0.05) is 15.9 Å². The lowest BCUT2D eigenvalue weighted by atomic mass is 10.2. The van der Waals surface area contributed by atoms with E-state index in [1.807, 2.05) is 19.1 Å². The van der Waals surface area contributed by atoms with Crippen molar-refractivity contribution >= 4 is 21.8 Å². The molecule has 0 bridgehead atoms. The van der Waals surface area contributed by atoms with Gasteiger partial charge in [-0.2, -0.15) is 0 Å². The minimum absolute atomic E-state index is 0.0344. The average molecular weight is 306 g/mol. The van der Waals surface area contributed by atoms with Gasteiger partial charge in [-0.05, 0) is 37.3 Å². The highest BCUT2D eigenvalue weighted by Gasteiger charge is 2.09. The van der Waals surface area contributed by atoms with Crippen LogP contribution in [0.3, 0.4) is 0 Å². The molecule has 0 saturated carbocycles. The number of nitrogens with one attached hydrogen (secondary N) is 1. The zero-order valence-electron chi connectivity index (χ0n) is 9.77. The van der Waals surface area contributed by atoms with Crippen LogP contribution in [-0.2, 0) is 0 Å². The van der Waals surface area contributed by atoms with Crippen LogP contribution in [0, 0.1) is 12.3 Å². The fraction of sp³-hybridized carbons (Fsp3) is 0.0769. The molecule has 0 aliphatic heterocycles. The van der Waals surface area contributed by atoms with Crippen LogP contribution >= 0.6 is 15.9 Å². The molecule has 2 aromatic rings. The molecule has 92 valence electrons. The first kappa shape index (κ1) is 12.6. The van der Waals surface area contributed by atoms with Gasteiger partial charge in [0.2, 0.25) is 0 Å². The zero-order chi connectivity index (χ0) is 13.1. The fourth-order valence-corrected chi connectivity index (χ4v) is 1.86. The molecule has 1 aromatic carbocycles. The number of ether oxygens (including phenoxy) is 1. The van der Waals surface area contributed by atoms with Crippen LogP contribution in [-0.4, -0.2) is 10.8 Å². The Kier molecular flexibility index (Phi) is 3.62. The third-order valence-corrected chi connectivity index (χ3v) is 2.90. The van der Waals surface area contributed by atoms with Gasteiger partial charge < -0.3 is 10.5 Å². The number of nitrogens with zero attached hydrogens (tertiary/aromatic N) is 1. The van der Waals surface area contributed by atoms with Crippen LogP contribution in [0.25, 0.3) is 0 Å². The van der Waals surface area contributed by atoms with Crippen LogP contribution in [0.1, 0.15) is 11.3 Å². The van der Waals surface area contributed by atoms with Crippen LogP contribution in [0.2, 0.25) is 0 Å². The Morgan fingerprint density at radius 3 is 2.78 bits per heavy atom. The first-order chi connectivity index (χ1) is 8.58. The Hall–Kier alpha value is -1.88. The Labute approximate surface area is 113 Å². The van der Waals surface area contributed by atoms with E-state index < -0.39 is 0 Å². The molecule has 0 amide bonds. The SMILES string of the molecule is Cc1ncccc1Oc1ccc(Br)cc1C(=N)N. The first-order valence-corrected chi connectivity index (χ1v) is 6.10. The first-order valence-electron chi connectivity index (χ1n) is 5.31. The maximum absolute atomic E-state index is 7.55. The van der Waals surface area contributed by atoms with Gasteiger partial charge >= 0.3 is 0 Å². The third-order valence-electron chi connectivity index (χ3n) is 2.41. The van der Waals surface area contributed by atoms with E-state index in [-0.39, 0.29) is 5.84 Å². The number of amidine groups is 1. The summed E-state index contributed by atoms with van der Waals surface area (Å²) in [4.78, 5) is 4.15. The van der Waals surface area contributed by atoms with E-state index in [1.165, 1.54) is 0 Å². The number of nitrogens with two attached hydrogens (primary N) is 1. The second kappa shape index (κ2) is 5.18. The smallest absolute Gasteiger partial charge is 0.148 e. The quantitative estimate of drug-likeness (QED) is 0.675. The number of hydrogen-bond donors (Lipinski definition) is 2. The largest absolute Gasteiger partial charge is 0.455 e. The summed E-state index contributed by atoms with van der Waals surface area (Å²) in [6.07, 6.45) is 1.70. The average Bonchev–Trinajstić information content (AvgIpc) is 2.34. The van der Waals surface area contributed by atoms with Crippen molar-refractivity contribution in [3.8, 4) is 11.5 Å². The van der Waals surface area contributed by atoms with Crippen molar-refractivity contribution in [1.29, 1.82) is 5.41 Å². The molecule has 1 heterocycles. The van der Waals surface area contributed by atoms with E-state index in [2.05, 4.69) is 20.9 Å². The van der Waals surface area contributed by atoms with E-state index >= 15 is 0 Å². The predicted molar refractivity (Wildman–Crippen MR) is 74.2 cm³/mol. The van der Waals surface area contributed by atoms with Crippen molar-refractivity contribution in [2.75, 3.05) is 0 Å². The lowest BCUT2D eigenvalue weighted by Gasteiger charge is -2.11. The molecular weight excluding hydrogens is 294 g/mol. The summed E-state index contributed by atoms with van der Waals surface area (Å²) in [5, 5.41) is 7.55. The number of aryl methyl sites for hydroxylation is 1. The molecule has 2 rings (SSSR count). The van der Waals surface area contributed by atoms with Crippen LogP contribution in [0.5, 0.6) is 11.5 Å². The molecule has 0 radical (unpaired) electrons. The number of benzene rings is 1. The van der Waals surface area contributed by atoms with E-state index in [9.17, 15) is 0 Å². The van der Waals surface area contributed by atoms with E-state index in [1.54, 1.807) is 24.4 Å². The van der Waals surface area contributed by atoms with Gasteiger partial charge in [0, 0.05) is 10.7 Å². The monoisotopic (exact) mass is 305 g/mol. The normalized spacial score (nSPS) is 10.1. The third kappa shape index (κ3) is 2.68. The van der Waals surface area contributed by atoms with E-state index in [4.69, 9.17) is 15.9 Å². The van der Waals surface area contributed by atoms with Gasteiger partial charge in [-0.25, -0.2) is 0 Å². The molecule has 0 atom stereocenters. The summed E-state index contributed by atoms with van der Waals surface area (Å²) >= 11 is 3.34. The number of aromatic nitrogens is 1. The Morgan fingerprint density at radius 2 is 2.11 bits per heavy atom. The van der Waals surface area contributed by atoms with Crippen molar-refractivity contribution in [3.63, 3.8) is 0 Å². The molecule has 0 aliphatic rings. The van der Waals surface area contributed by atoms with Crippen LogP contribution < -0.4 is 10.5 Å². The Balaban J connectivity index is 2.41. The molecule has 0 saturated heterocycles. The van der Waals surface area contributed by atoms with Gasteiger partial charge in [0.25, 0.3) is 0 Å². The van der Waals surface area contributed by atoms with Crippen molar-refractivity contribution in [1.82, 2.24) is 4.98 Å². The number of halogens is 1. The maximum Gasteiger partial charge on any atom is 0.148 e. The molecule has 1 aromatic heterocycles. The van der Waals surface area contributed by atoms with Gasteiger partial charge in [0.15, 0.2) is 0 Å². The molecule has 0 unspecified atom stereocenters. The fourth-order valence-electron chi connectivity index (χ4n) is 1.50. The number of pyridine rings is 1. The minimum atomic E-state index is -0.0344. The standard InChI is InChI=1S/C13H12BrN3O/c1-8-11(3-2-6-17-8)18-12-5-4-9(14)7-10(12)13(15)16/h2-7H,1H3,(H3,15,16). The molecule has 3 N–H and O–H groups in total. The molecule has 18 heavy (non-hydrogen) atoms. The van der Waals surface area contributed by atoms with Crippen molar-refractivity contribution in [3.05, 3.63) is 52.3 Å². The number of rotatable bonds is 3. The van der Waals surface area contributed by atoms with E-state index in [0.29, 0.717) is 17.1 Å². The van der Waals surface area contributed by atoms with E-state index in [0.717, 1.165) is 10.2 Å². The topological polar surface area (TPSA) is 72.0 Å². The predicted octanol–water partition coefficient (Wildman–Crippen LogP) is 3.23. The molecule has 0 aliphatic carbocycles. The summed E-state index contributed by atoms with van der Waals surface area (Å²) in [5.74, 6) is 1.16. The van der Waals surface area contributed by atoms with Gasteiger partial charge in [-0.15, -0.1) is 0 Å². The summed E-state index contributed by atoms with van der Waals surface area (Å²) in [7, 11) is 0. The lowest BCUT2D eigenvalue weighted by molar-refractivity contribution is 0.474. The highest BCUT2D eigenvalue weighted by molar-refractivity contribution is 9.10. The summed E-state index contributed by atoms with van der Waals surface area (Å²) in [6.45, 7) is 1.86. The molecule has 5 heteroatoms. The molecule has 4 nitrogen and oxygen atoms in total. The summed E-state index contributed by atoms with van der Waals surface area (Å²) in [5.41, 5.74) is 6.88.